The Kier molecular flexibility index (Phi) is 7.15. The molecule has 14 heavy (non-hydrogen) atoms. The first-order chi connectivity index (χ1) is 6.47. The van der Waals surface area contributed by atoms with Crippen LogP contribution in [-0.2, 0) is 0 Å². The number of hydrogen-bond acceptors (Lipinski definition) is 3. The van der Waals surface area contributed by atoms with Crippen LogP contribution < -0.4 is 5.32 Å². The number of hydrogen-bond donors (Lipinski definition) is 2. The van der Waals surface area contributed by atoms with E-state index in [2.05, 4.69) is 38.0 Å². The van der Waals surface area contributed by atoms with Gasteiger partial charge >= 0.3 is 0 Å². The van der Waals surface area contributed by atoms with Gasteiger partial charge in [0.15, 0.2) is 0 Å². The quantitative estimate of drug-likeness (QED) is 0.645. The summed E-state index contributed by atoms with van der Waals surface area (Å²) in [5.74, 6) is 0.622. The maximum Gasteiger partial charge on any atom is 0.0584 e. The van der Waals surface area contributed by atoms with Gasteiger partial charge in [-0.2, -0.15) is 0 Å². The number of rotatable bonds is 7. The zero-order valence-electron chi connectivity index (χ0n) is 10.2. The van der Waals surface area contributed by atoms with Crippen molar-refractivity contribution < 1.29 is 5.11 Å². The molecule has 2 unspecified atom stereocenters. The normalized spacial score (nSPS) is 16.3. The first-order valence-corrected chi connectivity index (χ1v) is 5.51. The molecule has 0 aromatic carbocycles. The van der Waals surface area contributed by atoms with E-state index in [0.29, 0.717) is 12.0 Å². The molecule has 0 fully saturated rings. The van der Waals surface area contributed by atoms with Crippen LogP contribution in [0.1, 0.15) is 27.7 Å². The van der Waals surface area contributed by atoms with Crippen molar-refractivity contribution in [1.29, 1.82) is 0 Å². The standard InChI is InChI=1S/C11H26N2O/c1-9(2)12-6-10(3)7-13(5)11(4)8-14/h9-12,14H,6-8H2,1-5H3. The maximum absolute atomic E-state index is 8.98. The molecule has 0 bridgehead atoms. The Labute approximate surface area is 88.5 Å². The molecule has 2 atom stereocenters. The lowest BCUT2D eigenvalue weighted by atomic mass is 10.1. The summed E-state index contributed by atoms with van der Waals surface area (Å²) in [6.45, 7) is 10.9. The van der Waals surface area contributed by atoms with Crippen molar-refractivity contribution in [3.63, 3.8) is 0 Å². The van der Waals surface area contributed by atoms with Crippen molar-refractivity contribution in [3.8, 4) is 0 Å². The molecule has 0 spiro atoms. The van der Waals surface area contributed by atoms with Gasteiger partial charge in [0.2, 0.25) is 0 Å². The van der Waals surface area contributed by atoms with Crippen molar-refractivity contribution in [1.82, 2.24) is 10.2 Å². The molecule has 3 nitrogen and oxygen atoms in total. The minimum absolute atomic E-state index is 0.237. The second kappa shape index (κ2) is 7.21. The molecular weight excluding hydrogens is 176 g/mol. The maximum atomic E-state index is 8.98. The Balaban J connectivity index is 3.65. The molecule has 0 aromatic rings. The largest absolute Gasteiger partial charge is 0.395 e. The minimum atomic E-state index is 0.237. The summed E-state index contributed by atoms with van der Waals surface area (Å²) >= 11 is 0. The van der Waals surface area contributed by atoms with E-state index in [-0.39, 0.29) is 12.6 Å². The molecule has 0 saturated heterocycles. The summed E-state index contributed by atoms with van der Waals surface area (Å²) in [5.41, 5.74) is 0. The zero-order chi connectivity index (χ0) is 11.1. The summed E-state index contributed by atoms with van der Waals surface area (Å²) in [7, 11) is 2.06. The highest BCUT2D eigenvalue weighted by molar-refractivity contribution is 4.67. The van der Waals surface area contributed by atoms with Crippen molar-refractivity contribution >= 4 is 0 Å². The van der Waals surface area contributed by atoms with Crippen molar-refractivity contribution in [3.05, 3.63) is 0 Å². The Hall–Kier alpha value is -0.120. The highest BCUT2D eigenvalue weighted by atomic mass is 16.3. The SMILES string of the molecule is CC(CNC(C)C)CN(C)C(C)CO. The lowest BCUT2D eigenvalue weighted by molar-refractivity contribution is 0.144. The van der Waals surface area contributed by atoms with Gasteiger partial charge in [-0.3, -0.25) is 0 Å². The first-order valence-electron chi connectivity index (χ1n) is 5.51. The smallest absolute Gasteiger partial charge is 0.0584 e. The molecule has 0 rings (SSSR count). The van der Waals surface area contributed by atoms with E-state index < -0.39 is 0 Å². The number of likely N-dealkylation sites (N-methyl/N-ethyl adjacent to an activating group) is 1. The molecule has 0 radical (unpaired) electrons. The number of aliphatic hydroxyl groups is 1. The summed E-state index contributed by atoms with van der Waals surface area (Å²) in [6, 6.07) is 0.814. The van der Waals surface area contributed by atoms with Crippen LogP contribution in [0, 0.1) is 5.92 Å². The van der Waals surface area contributed by atoms with E-state index in [1.54, 1.807) is 0 Å². The van der Waals surface area contributed by atoms with Gasteiger partial charge in [-0.05, 0) is 26.4 Å². The van der Waals surface area contributed by atoms with Crippen LogP contribution in [0.2, 0.25) is 0 Å². The van der Waals surface area contributed by atoms with Crippen LogP contribution in [0.3, 0.4) is 0 Å². The molecule has 2 N–H and O–H groups in total. The number of aliphatic hydroxyl groups excluding tert-OH is 1. The van der Waals surface area contributed by atoms with Gasteiger partial charge in [0, 0.05) is 18.6 Å². The predicted molar refractivity (Wildman–Crippen MR) is 61.5 cm³/mol. The average Bonchev–Trinajstić information content (AvgIpc) is 2.13. The summed E-state index contributed by atoms with van der Waals surface area (Å²) in [4.78, 5) is 2.20. The third kappa shape index (κ3) is 6.35. The van der Waals surface area contributed by atoms with E-state index in [1.807, 2.05) is 6.92 Å². The Morgan fingerprint density at radius 2 is 1.79 bits per heavy atom. The van der Waals surface area contributed by atoms with Crippen LogP contribution in [0.4, 0.5) is 0 Å². The molecule has 3 heteroatoms. The van der Waals surface area contributed by atoms with Gasteiger partial charge in [0.05, 0.1) is 6.61 Å². The van der Waals surface area contributed by atoms with Crippen LogP contribution in [-0.4, -0.2) is 48.8 Å². The van der Waals surface area contributed by atoms with Crippen molar-refractivity contribution in [2.45, 2.75) is 39.8 Å². The first kappa shape index (κ1) is 13.9. The third-order valence-electron chi connectivity index (χ3n) is 2.49. The number of nitrogens with one attached hydrogen (secondary N) is 1. The zero-order valence-corrected chi connectivity index (χ0v) is 10.2. The van der Waals surface area contributed by atoms with Crippen LogP contribution >= 0.6 is 0 Å². The molecule has 0 aliphatic heterocycles. The predicted octanol–water partition coefficient (Wildman–Crippen LogP) is 0.933. The molecule has 0 aromatic heterocycles. The lowest BCUT2D eigenvalue weighted by Crippen LogP contribution is -2.39. The fourth-order valence-electron chi connectivity index (χ4n) is 1.31. The lowest BCUT2D eigenvalue weighted by Gasteiger charge is -2.26. The summed E-state index contributed by atoms with van der Waals surface area (Å²) < 4.78 is 0. The summed E-state index contributed by atoms with van der Waals surface area (Å²) in [5, 5.41) is 12.4. The minimum Gasteiger partial charge on any atom is -0.395 e. The van der Waals surface area contributed by atoms with E-state index in [0.717, 1.165) is 13.1 Å². The van der Waals surface area contributed by atoms with Crippen molar-refractivity contribution in [2.75, 3.05) is 26.7 Å². The van der Waals surface area contributed by atoms with Gasteiger partial charge in [0.25, 0.3) is 0 Å². The van der Waals surface area contributed by atoms with Crippen molar-refractivity contribution in [2.24, 2.45) is 5.92 Å². The molecule has 0 heterocycles. The van der Waals surface area contributed by atoms with Gasteiger partial charge in [-0.25, -0.2) is 0 Å². The Morgan fingerprint density at radius 1 is 1.21 bits per heavy atom. The fraction of sp³-hybridized carbons (Fsp3) is 1.00. The monoisotopic (exact) mass is 202 g/mol. The molecule has 0 aliphatic carbocycles. The van der Waals surface area contributed by atoms with Crippen LogP contribution in [0.25, 0.3) is 0 Å². The van der Waals surface area contributed by atoms with Gasteiger partial charge in [-0.1, -0.05) is 20.8 Å². The third-order valence-corrected chi connectivity index (χ3v) is 2.49. The van der Waals surface area contributed by atoms with Crippen LogP contribution in [0.15, 0.2) is 0 Å². The second-order valence-electron chi connectivity index (χ2n) is 4.64. The highest BCUT2D eigenvalue weighted by Gasteiger charge is 2.11. The molecule has 0 saturated carbocycles. The molecule has 86 valence electrons. The Bertz CT molecular complexity index is 139. The van der Waals surface area contributed by atoms with E-state index in [4.69, 9.17) is 5.11 Å². The topological polar surface area (TPSA) is 35.5 Å². The number of nitrogens with zero attached hydrogens (tertiary/aromatic N) is 1. The summed E-state index contributed by atoms with van der Waals surface area (Å²) in [6.07, 6.45) is 0. The Morgan fingerprint density at radius 3 is 2.21 bits per heavy atom. The van der Waals surface area contributed by atoms with E-state index >= 15 is 0 Å². The van der Waals surface area contributed by atoms with Gasteiger partial charge in [0.1, 0.15) is 0 Å². The second-order valence-corrected chi connectivity index (χ2v) is 4.64. The average molecular weight is 202 g/mol. The molecular formula is C11H26N2O. The molecule has 0 amide bonds. The molecule has 0 aliphatic rings. The fourth-order valence-corrected chi connectivity index (χ4v) is 1.31. The van der Waals surface area contributed by atoms with E-state index in [1.165, 1.54) is 0 Å². The van der Waals surface area contributed by atoms with Gasteiger partial charge in [-0.15, -0.1) is 0 Å². The van der Waals surface area contributed by atoms with E-state index in [9.17, 15) is 0 Å². The van der Waals surface area contributed by atoms with Gasteiger partial charge < -0.3 is 15.3 Å². The highest BCUT2D eigenvalue weighted by Crippen LogP contribution is 2.01. The van der Waals surface area contributed by atoms with Crippen LogP contribution in [0.5, 0.6) is 0 Å².